The largest absolute Gasteiger partial charge is 0.494 e. The molecule has 0 radical (unpaired) electrons. The first-order valence-corrected chi connectivity index (χ1v) is 14.0. The Labute approximate surface area is 236 Å². The van der Waals surface area contributed by atoms with Crippen LogP contribution < -0.4 is 10.8 Å². The maximum atomic E-state index is 11.8. The van der Waals surface area contributed by atoms with Crippen LogP contribution in [0.15, 0.2) is 36.5 Å². The molecule has 0 spiro atoms. The zero-order chi connectivity index (χ0) is 29.0. The minimum absolute atomic E-state index is 0.0850. The predicted octanol–water partition coefficient (Wildman–Crippen LogP) is 4.77. The Morgan fingerprint density at radius 3 is 2.50 bits per heavy atom. The van der Waals surface area contributed by atoms with Crippen LogP contribution in [0.4, 0.5) is 16.6 Å². The molecule has 0 saturated carbocycles. The predicted molar refractivity (Wildman–Crippen MR) is 157 cm³/mol. The Hall–Kier alpha value is -3.15. The lowest BCUT2D eigenvalue weighted by Crippen LogP contribution is -2.59. The van der Waals surface area contributed by atoms with E-state index >= 15 is 0 Å². The van der Waals surface area contributed by atoms with Crippen molar-refractivity contribution < 1.29 is 19.2 Å². The minimum atomic E-state index is -0.850. The van der Waals surface area contributed by atoms with Crippen molar-refractivity contribution in [1.29, 1.82) is 0 Å². The Morgan fingerprint density at radius 2 is 1.85 bits per heavy atom. The van der Waals surface area contributed by atoms with Crippen molar-refractivity contribution in [2.45, 2.75) is 78.7 Å². The van der Waals surface area contributed by atoms with Crippen LogP contribution in [0.25, 0.3) is 11.0 Å². The van der Waals surface area contributed by atoms with Crippen LogP contribution in [0, 0.1) is 5.41 Å². The molecule has 4 heterocycles. The highest BCUT2D eigenvalue weighted by Crippen LogP contribution is 2.37. The number of anilines is 2. The Morgan fingerprint density at radius 1 is 1.15 bits per heavy atom. The Balaban J connectivity index is 1.30. The number of aromatic nitrogens is 3. The number of H-pyrrole nitrogens is 1. The fourth-order valence-electron chi connectivity index (χ4n) is 5.45. The van der Waals surface area contributed by atoms with E-state index in [1.54, 1.807) is 11.1 Å². The van der Waals surface area contributed by atoms with Crippen LogP contribution in [0.2, 0.25) is 0 Å². The summed E-state index contributed by atoms with van der Waals surface area (Å²) in [6.45, 7) is 18.5. The van der Waals surface area contributed by atoms with E-state index in [0.717, 1.165) is 22.1 Å². The monoisotopic (exact) mass is 548 g/mol. The lowest BCUT2D eigenvalue weighted by molar-refractivity contribution is 0.00578. The summed E-state index contributed by atoms with van der Waals surface area (Å²) in [6.07, 6.45) is 0.943. The van der Waals surface area contributed by atoms with Crippen LogP contribution in [-0.2, 0) is 9.31 Å². The molecule has 0 aliphatic carbocycles. The molecular formula is C29H41BN6O4. The summed E-state index contributed by atoms with van der Waals surface area (Å²) in [5.74, 6) is 1.28. The van der Waals surface area contributed by atoms with Gasteiger partial charge in [0.2, 0.25) is 5.95 Å². The molecule has 5 rings (SSSR count). The number of carboxylic acid groups (broad SMARTS) is 1. The SMILES string of the molecule is CC(c1ccnc(Nc2nc3ccc(B4OC(C)(C)C(C)(C)O4)cc3[nH]2)c1)N1CCN(C(=O)O)C(C(C)(C)C)C1. The number of pyridine rings is 1. The van der Waals surface area contributed by atoms with Gasteiger partial charge < -0.3 is 29.6 Å². The summed E-state index contributed by atoms with van der Waals surface area (Å²) >= 11 is 0. The van der Waals surface area contributed by atoms with Gasteiger partial charge in [-0.3, -0.25) is 4.90 Å². The van der Waals surface area contributed by atoms with E-state index in [4.69, 9.17) is 14.3 Å². The third-order valence-corrected chi connectivity index (χ3v) is 8.75. The highest BCUT2D eigenvalue weighted by atomic mass is 16.7. The van der Waals surface area contributed by atoms with Gasteiger partial charge in [0.1, 0.15) is 5.82 Å². The molecule has 1 amide bonds. The minimum Gasteiger partial charge on any atom is -0.465 e. The number of carbonyl (C=O) groups is 1. The van der Waals surface area contributed by atoms with Crippen molar-refractivity contribution in [3.63, 3.8) is 0 Å². The lowest BCUT2D eigenvalue weighted by atomic mass is 9.79. The molecule has 3 N–H and O–H groups in total. The van der Waals surface area contributed by atoms with E-state index in [1.807, 2.05) is 58.0 Å². The summed E-state index contributed by atoms with van der Waals surface area (Å²) in [5, 5.41) is 13.0. The highest BCUT2D eigenvalue weighted by Gasteiger charge is 2.51. The molecule has 2 atom stereocenters. The van der Waals surface area contributed by atoms with E-state index < -0.39 is 24.4 Å². The highest BCUT2D eigenvalue weighted by molar-refractivity contribution is 6.62. The second-order valence-corrected chi connectivity index (χ2v) is 13.1. The number of hydrogen-bond acceptors (Lipinski definition) is 7. The fraction of sp³-hybridized carbons (Fsp3) is 0.552. The first-order valence-electron chi connectivity index (χ1n) is 14.0. The normalized spacial score (nSPS) is 22.1. The number of aromatic amines is 1. The van der Waals surface area contributed by atoms with Crippen LogP contribution in [-0.4, -0.2) is 79.9 Å². The van der Waals surface area contributed by atoms with E-state index in [0.29, 0.717) is 31.4 Å². The van der Waals surface area contributed by atoms with Gasteiger partial charge in [-0.1, -0.05) is 26.8 Å². The molecule has 0 bridgehead atoms. The zero-order valence-electron chi connectivity index (χ0n) is 24.8. The van der Waals surface area contributed by atoms with Crippen LogP contribution in [0.5, 0.6) is 0 Å². The van der Waals surface area contributed by atoms with Crippen molar-refractivity contribution in [2.75, 3.05) is 25.0 Å². The number of amides is 1. The summed E-state index contributed by atoms with van der Waals surface area (Å²) in [6, 6.07) is 10.0. The van der Waals surface area contributed by atoms with Gasteiger partial charge in [-0.2, -0.15) is 0 Å². The lowest BCUT2D eigenvalue weighted by Gasteiger charge is -2.47. The van der Waals surface area contributed by atoms with Gasteiger partial charge >= 0.3 is 13.2 Å². The van der Waals surface area contributed by atoms with Crippen molar-refractivity contribution in [1.82, 2.24) is 24.8 Å². The summed E-state index contributed by atoms with van der Waals surface area (Å²) in [4.78, 5) is 28.4. The van der Waals surface area contributed by atoms with Gasteiger partial charge in [0.25, 0.3) is 0 Å². The number of rotatable bonds is 5. The molecule has 2 fully saturated rings. The molecule has 11 heteroatoms. The number of piperazine rings is 1. The Bertz CT molecular complexity index is 1380. The van der Waals surface area contributed by atoms with Crippen molar-refractivity contribution in [3.8, 4) is 0 Å². The summed E-state index contributed by atoms with van der Waals surface area (Å²) < 4.78 is 12.4. The van der Waals surface area contributed by atoms with Crippen molar-refractivity contribution >= 4 is 41.5 Å². The molecule has 2 aliphatic heterocycles. The molecule has 3 aromatic rings. The zero-order valence-corrected chi connectivity index (χ0v) is 24.8. The number of fused-ring (bicyclic) bond motifs is 1. The van der Waals surface area contributed by atoms with Crippen LogP contribution in [0.3, 0.4) is 0 Å². The van der Waals surface area contributed by atoms with Gasteiger partial charge in [-0.05, 0) is 75.3 Å². The van der Waals surface area contributed by atoms with Gasteiger partial charge in [-0.15, -0.1) is 0 Å². The van der Waals surface area contributed by atoms with Crippen molar-refractivity contribution in [2.24, 2.45) is 5.41 Å². The molecule has 2 unspecified atom stereocenters. The number of benzene rings is 1. The number of hydrogen-bond donors (Lipinski definition) is 3. The second kappa shape index (κ2) is 10.0. The van der Waals surface area contributed by atoms with Gasteiger partial charge in [0, 0.05) is 31.9 Å². The summed E-state index contributed by atoms with van der Waals surface area (Å²) in [5.41, 5.74) is 2.78. The second-order valence-electron chi connectivity index (χ2n) is 13.1. The molecule has 214 valence electrons. The average molecular weight is 548 g/mol. The van der Waals surface area contributed by atoms with Gasteiger partial charge in [0.15, 0.2) is 0 Å². The molecule has 40 heavy (non-hydrogen) atoms. The van der Waals surface area contributed by atoms with E-state index in [2.05, 4.69) is 47.9 Å². The average Bonchev–Trinajstić information content (AvgIpc) is 3.37. The topological polar surface area (TPSA) is 116 Å². The van der Waals surface area contributed by atoms with E-state index in [1.165, 1.54) is 0 Å². The van der Waals surface area contributed by atoms with Crippen LogP contribution >= 0.6 is 0 Å². The maximum Gasteiger partial charge on any atom is 0.494 e. The van der Waals surface area contributed by atoms with Crippen LogP contribution in [0.1, 0.15) is 67.0 Å². The third-order valence-electron chi connectivity index (χ3n) is 8.75. The quantitative estimate of drug-likeness (QED) is 0.391. The van der Waals surface area contributed by atoms with E-state index in [9.17, 15) is 9.90 Å². The van der Waals surface area contributed by atoms with Crippen molar-refractivity contribution in [3.05, 3.63) is 42.1 Å². The van der Waals surface area contributed by atoms with Gasteiger partial charge in [-0.25, -0.2) is 14.8 Å². The first-order chi connectivity index (χ1) is 18.6. The number of nitrogens with one attached hydrogen (secondary N) is 2. The molecule has 2 saturated heterocycles. The van der Waals surface area contributed by atoms with Gasteiger partial charge in [0.05, 0.1) is 28.3 Å². The first kappa shape index (κ1) is 28.4. The number of imidazole rings is 1. The maximum absolute atomic E-state index is 11.8. The molecule has 2 aliphatic rings. The fourth-order valence-corrected chi connectivity index (χ4v) is 5.45. The molecule has 2 aromatic heterocycles. The standard InChI is InChI=1S/C29H41BN6O4/c1-18(35-13-14-36(26(37)38)23(17-35)27(2,3)4)19-11-12-31-24(15-19)34-25-32-21-10-9-20(16-22(21)33-25)30-39-28(5,6)29(7,8)40-30/h9-12,15-16,18,23H,13-14,17H2,1-8H3,(H,37,38)(H2,31,32,33,34). The third kappa shape index (κ3) is 5.42. The molecule has 1 aromatic carbocycles. The Kier molecular flexibility index (Phi) is 7.13. The summed E-state index contributed by atoms with van der Waals surface area (Å²) in [7, 11) is -0.441. The van der Waals surface area contributed by atoms with E-state index in [-0.39, 0.29) is 17.5 Å². The molecule has 10 nitrogen and oxygen atoms in total. The smallest absolute Gasteiger partial charge is 0.465 e. The number of nitrogens with zero attached hydrogens (tertiary/aromatic N) is 4. The molecular weight excluding hydrogens is 507 g/mol.